The minimum Gasteiger partial charge on any atom is -0.481 e. The van der Waals surface area contributed by atoms with Crippen molar-refractivity contribution >= 4 is 28.6 Å². The number of aromatic nitrogens is 1. The van der Waals surface area contributed by atoms with E-state index >= 15 is 0 Å². The van der Waals surface area contributed by atoms with E-state index in [0.29, 0.717) is 0 Å². The molecule has 0 aliphatic heterocycles. The van der Waals surface area contributed by atoms with Gasteiger partial charge in [0.15, 0.2) is 5.69 Å². The van der Waals surface area contributed by atoms with Gasteiger partial charge in [-0.15, -0.1) is 0 Å². The van der Waals surface area contributed by atoms with Gasteiger partial charge in [-0.3, -0.25) is 4.79 Å². The van der Waals surface area contributed by atoms with E-state index in [1.165, 1.54) is 0 Å². The molecule has 0 bridgehead atoms. The van der Waals surface area contributed by atoms with Crippen LogP contribution < -0.4 is 0 Å². The zero-order chi connectivity index (χ0) is 12.3. The molecule has 0 unspecified atom stereocenters. The maximum Gasteiger partial charge on any atom is 0.309 e. The van der Waals surface area contributed by atoms with Gasteiger partial charge in [0.2, 0.25) is 0 Å². The standard InChI is InChI=1S/C9H5F2IN2O2/c10-9(11)5-1-4(2-7(15)16)14-6(3-13)8(5)12/h1,9H,2H2,(H,15,16). The van der Waals surface area contributed by atoms with Crippen LogP contribution in [-0.2, 0) is 11.2 Å². The number of carboxylic acids is 1. The SMILES string of the molecule is N#Cc1nc(CC(=O)O)cc(C(F)F)c1I. The maximum absolute atomic E-state index is 12.6. The Bertz CT molecular complexity index is 471. The lowest BCUT2D eigenvalue weighted by atomic mass is 10.1. The predicted octanol–water partition coefficient (Wildman–Crippen LogP) is 2.12. The van der Waals surface area contributed by atoms with Crippen molar-refractivity contribution in [1.29, 1.82) is 5.26 Å². The van der Waals surface area contributed by atoms with E-state index in [2.05, 4.69) is 4.98 Å². The number of hydrogen-bond acceptors (Lipinski definition) is 3. The van der Waals surface area contributed by atoms with E-state index in [4.69, 9.17) is 10.4 Å². The Balaban J connectivity index is 3.29. The Labute approximate surface area is 103 Å². The molecule has 0 aliphatic rings. The van der Waals surface area contributed by atoms with E-state index in [1.54, 1.807) is 28.7 Å². The van der Waals surface area contributed by atoms with Gasteiger partial charge < -0.3 is 5.11 Å². The predicted molar refractivity (Wildman–Crippen MR) is 58.0 cm³/mol. The quantitative estimate of drug-likeness (QED) is 0.857. The molecule has 4 nitrogen and oxygen atoms in total. The van der Waals surface area contributed by atoms with Crippen LogP contribution in [0.1, 0.15) is 23.4 Å². The van der Waals surface area contributed by atoms with Crippen LogP contribution >= 0.6 is 22.6 Å². The second kappa shape index (κ2) is 5.16. The molecule has 0 fully saturated rings. The molecule has 84 valence electrons. The van der Waals surface area contributed by atoms with Crippen molar-refractivity contribution in [3.05, 3.63) is 26.6 Å². The van der Waals surface area contributed by atoms with Crippen molar-refractivity contribution in [2.75, 3.05) is 0 Å². The summed E-state index contributed by atoms with van der Waals surface area (Å²) in [6.45, 7) is 0. The largest absolute Gasteiger partial charge is 0.481 e. The molecule has 0 radical (unpaired) electrons. The zero-order valence-corrected chi connectivity index (χ0v) is 9.90. The summed E-state index contributed by atoms with van der Waals surface area (Å²) in [4.78, 5) is 14.1. The molecule has 0 saturated carbocycles. The fraction of sp³-hybridized carbons (Fsp3) is 0.222. The molecule has 1 heterocycles. The molecule has 0 aliphatic carbocycles. The van der Waals surface area contributed by atoms with Crippen LogP contribution in [0.2, 0.25) is 0 Å². The number of aliphatic carboxylic acids is 1. The highest BCUT2D eigenvalue weighted by molar-refractivity contribution is 14.1. The van der Waals surface area contributed by atoms with Gasteiger partial charge in [0.25, 0.3) is 6.43 Å². The number of rotatable bonds is 3. The van der Waals surface area contributed by atoms with E-state index < -0.39 is 18.8 Å². The van der Waals surface area contributed by atoms with Crippen molar-refractivity contribution in [1.82, 2.24) is 4.98 Å². The maximum atomic E-state index is 12.6. The van der Waals surface area contributed by atoms with Gasteiger partial charge in [-0.25, -0.2) is 13.8 Å². The van der Waals surface area contributed by atoms with Crippen LogP contribution in [0.3, 0.4) is 0 Å². The first-order valence-electron chi connectivity index (χ1n) is 4.05. The van der Waals surface area contributed by atoms with Gasteiger partial charge in [0, 0.05) is 5.56 Å². The number of hydrogen-bond donors (Lipinski definition) is 1. The first kappa shape index (κ1) is 12.8. The third-order valence-corrected chi connectivity index (χ3v) is 2.85. The Morgan fingerprint density at radius 3 is 2.75 bits per heavy atom. The molecule has 0 atom stereocenters. The Kier molecular flexibility index (Phi) is 4.12. The van der Waals surface area contributed by atoms with Crippen molar-refractivity contribution in [3.8, 4) is 6.07 Å². The highest BCUT2D eigenvalue weighted by Crippen LogP contribution is 2.26. The molecule has 1 N–H and O–H groups in total. The smallest absolute Gasteiger partial charge is 0.309 e. The number of carboxylic acid groups (broad SMARTS) is 1. The first-order valence-corrected chi connectivity index (χ1v) is 5.13. The number of carbonyl (C=O) groups is 1. The van der Waals surface area contributed by atoms with E-state index in [0.717, 1.165) is 6.07 Å². The third kappa shape index (κ3) is 2.85. The van der Waals surface area contributed by atoms with Crippen LogP contribution in [-0.4, -0.2) is 16.1 Å². The Hall–Kier alpha value is -1.30. The summed E-state index contributed by atoms with van der Waals surface area (Å²) < 4.78 is 25.2. The lowest BCUT2D eigenvalue weighted by Crippen LogP contribution is -2.07. The molecule has 7 heteroatoms. The van der Waals surface area contributed by atoms with E-state index in [1.807, 2.05) is 0 Å². The minimum absolute atomic E-state index is 0.0419. The second-order valence-electron chi connectivity index (χ2n) is 2.85. The van der Waals surface area contributed by atoms with Gasteiger partial charge in [0.1, 0.15) is 6.07 Å². The molecule has 1 aromatic rings. The fourth-order valence-corrected chi connectivity index (χ4v) is 1.72. The highest BCUT2D eigenvalue weighted by atomic mass is 127. The molecule has 1 aromatic heterocycles. The summed E-state index contributed by atoms with van der Waals surface area (Å²) >= 11 is 1.59. The number of alkyl halides is 2. The average molecular weight is 338 g/mol. The monoisotopic (exact) mass is 338 g/mol. The summed E-state index contributed by atoms with van der Waals surface area (Å²) in [6, 6.07) is 2.67. The van der Waals surface area contributed by atoms with Crippen molar-refractivity contribution < 1.29 is 18.7 Å². The van der Waals surface area contributed by atoms with Crippen LogP contribution in [0.5, 0.6) is 0 Å². The minimum atomic E-state index is -2.76. The van der Waals surface area contributed by atoms with Crippen LogP contribution in [0.25, 0.3) is 0 Å². The van der Waals surface area contributed by atoms with E-state index in [-0.39, 0.29) is 20.5 Å². The summed E-state index contributed by atoms with van der Waals surface area (Å²) in [5.74, 6) is -1.18. The molecular formula is C9H5F2IN2O2. The van der Waals surface area contributed by atoms with Crippen molar-refractivity contribution in [2.45, 2.75) is 12.8 Å². The normalized spacial score (nSPS) is 10.2. The van der Waals surface area contributed by atoms with Gasteiger partial charge in [-0.1, -0.05) is 0 Å². The zero-order valence-electron chi connectivity index (χ0n) is 7.75. The first-order chi connectivity index (χ1) is 7.45. The summed E-state index contributed by atoms with van der Waals surface area (Å²) in [7, 11) is 0. The number of pyridine rings is 1. The highest BCUT2D eigenvalue weighted by Gasteiger charge is 2.18. The van der Waals surface area contributed by atoms with Crippen LogP contribution in [0.4, 0.5) is 8.78 Å². The number of nitriles is 1. The molecule has 0 saturated heterocycles. The van der Waals surface area contributed by atoms with Gasteiger partial charge >= 0.3 is 5.97 Å². The lowest BCUT2D eigenvalue weighted by Gasteiger charge is -2.06. The fourth-order valence-electron chi connectivity index (χ4n) is 1.08. The van der Waals surface area contributed by atoms with Crippen LogP contribution in [0.15, 0.2) is 6.07 Å². The third-order valence-electron chi connectivity index (χ3n) is 1.71. The molecule has 0 aromatic carbocycles. The van der Waals surface area contributed by atoms with Crippen molar-refractivity contribution in [2.24, 2.45) is 0 Å². The summed E-state index contributed by atoms with van der Waals surface area (Å²) in [5, 5.41) is 17.2. The molecule has 16 heavy (non-hydrogen) atoms. The number of halogens is 3. The molecule has 1 rings (SSSR count). The molecule has 0 amide bonds. The van der Waals surface area contributed by atoms with Crippen molar-refractivity contribution in [3.63, 3.8) is 0 Å². The summed E-state index contributed by atoms with van der Waals surface area (Å²) in [6.07, 6.45) is -3.24. The molecule has 0 spiro atoms. The lowest BCUT2D eigenvalue weighted by molar-refractivity contribution is -0.136. The molecular weight excluding hydrogens is 333 g/mol. The Morgan fingerprint density at radius 1 is 1.69 bits per heavy atom. The van der Waals surface area contributed by atoms with Crippen LogP contribution in [0, 0.1) is 14.9 Å². The number of nitrogens with zero attached hydrogens (tertiary/aromatic N) is 2. The van der Waals surface area contributed by atoms with Gasteiger partial charge in [0.05, 0.1) is 15.7 Å². The van der Waals surface area contributed by atoms with Gasteiger partial charge in [-0.05, 0) is 28.7 Å². The van der Waals surface area contributed by atoms with Gasteiger partial charge in [-0.2, -0.15) is 5.26 Å². The second-order valence-corrected chi connectivity index (χ2v) is 3.93. The Morgan fingerprint density at radius 2 is 2.31 bits per heavy atom. The van der Waals surface area contributed by atoms with E-state index in [9.17, 15) is 13.6 Å². The topological polar surface area (TPSA) is 74.0 Å². The average Bonchev–Trinajstić information content (AvgIpc) is 2.19. The summed E-state index contributed by atoms with van der Waals surface area (Å²) in [5.41, 5.74) is -0.571.